The molecule has 0 fully saturated rings. The molecule has 1 aliphatic heterocycles. The summed E-state index contributed by atoms with van der Waals surface area (Å²) < 4.78 is 28.0. The largest absolute Gasteiger partial charge is 0.270 e. The Hall–Kier alpha value is -2.72. The van der Waals surface area contributed by atoms with Gasteiger partial charge in [0.2, 0.25) is 5.16 Å². The second kappa shape index (κ2) is 8.19. The van der Waals surface area contributed by atoms with Crippen LogP contribution >= 0.6 is 11.8 Å². The molecule has 4 rings (SSSR count). The number of sulfonamides is 1. The number of tetrazole rings is 1. The third kappa shape index (κ3) is 3.39. The predicted molar refractivity (Wildman–Crippen MR) is 112 cm³/mol. The lowest BCUT2D eigenvalue weighted by Gasteiger charge is -2.25. The van der Waals surface area contributed by atoms with Crippen LogP contribution in [0.2, 0.25) is 0 Å². The summed E-state index contributed by atoms with van der Waals surface area (Å²) in [7, 11) is -4.04. The average molecular weight is 444 g/mol. The Balaban J connectivity index is 1.86. The molecule has 2 aromatic carbocycles. The third-order valence-electron chi connectivity index (χ3n) is 5.28. The lowest BCUT2D eigenvalue weighted by Crippen LogP contribution is -2.33. The maximum atomic E-state index is 13.6. The highest BCUT2D eigenvalue weighted by atomic mass is 32.2. The zero-order valence-electron chi connectivity index (χ0n) is 16.5. The van der Waals surface area contributed by atoms with E-state index in [1.54, 1.807) is 30.3 Å². The van der Waals surface area contributed by atoms with Crippen LogP contribution in [-0.2, 0) is 10.0 Å². The van der Waals surface area contributed by atoms with Gasteiger partial charge in [-0.2, -0.15) is 5.21 Å². The van der Waals surface area contributed by atoms with Crippen LogP contribution in [0.25, 0.3) is 0 Å². The van der Waals surface area contributed by atoms with Crippen molar-refractivity contribution in [2.75, 3.05) is 0 Å². The topological polar surface area (TPSA) is 109 Å². The molecule has 0 radical (unpaired) electrons. The monoisotopic (exact) mass is 443 g/mol. The predicted octanol–water partition coefficient (Wildman–Crippen LogP) is 3.74. The van der Waals surface area contributed by atoms with Gasteiger partial charge in [-0.3, -0.25) is 4.79 Å². The van der Waals surface area contributed by atoms with Crippen molar-refractivity contribution in [3.8, 4) is 0 Å². The first-order chi connectivity index (χ1) is 14.5. The lowest BCUT2D eigenvalue weighted by atomic mass is 9.89. The Labute approximate surface area is 179 Å². The number of amides is 1. The van der Waals surface area contributed by atoms with Crippen LogP contribution < -0.4 is 0 Å². The number of carbonyl (C=O) groups is 1. The minimum atomic E-state index is -4.04. The summed E-state index contributed by atoms with van der Waals surface area (Å²) in [5.74, 6) is -0.406. The SMILES string of the molecule is CCC(CC)c1cccc2c1C(=O)N(C(Sc1nn[nH]n1)c1ccccc1)S2(=O)=O. The first-order valence-electron chi connectivity index (χ1n) is 9.65. The van der Waals surface area contributed by atoms with Gasteiger partial charge in [0.25, 0.3) is 15.9 Å². The molecule has 156 valence electrons. The third-order valence-corrected chi connectivity index (χ3v) is 8.29. The number of H-pyrrole nitrogens is 1. The summed E-state index contributed by atoms with van der Waals surface area (Å²) in [4.78, 5) is 13.6. The van der Waals surface area contributed by atoms with Crippen molar-refractivity contribution in [3.05, 3.63) is 65.2 Å². The fraction of sp³-hybridized carbons (Fsp3) is 0.300. The van der Waals surface area contributed by atoms with Crippen molar-refractivity contribution in [2.24, 2.45) is 0 Å². The van der Waals surface area contributed by atoms with E-state index in [2.05, 4.69) is 20.6 Å². The Kier molecular flexibility index (Phi) is 5.61. The first-order valence-corrected chi connectivity index (χ1v) is 12.0. The fourth-order valence-corrected chi connectivity index (χ4v) is 6.73. The van der Waals surface area contributed by atoms with E-state index in [0.717, 1.165) is 34.5 Å². The number of hydrogen-bond donors (Lipinski definition) is 1. The number of hydrogen-bond acceptors (Lipinski definition) is 7. The molecule has 3 aromatic rings. The Morgan fingerprint density at radius 1 is 1.07 bits per heavy atom. The molecule has 2 heterocycles. The Morgan fingerprint density at radius 3 is 2.43 bits per heavy atom. The minimum Gasteiger partial charge on any atom is -0.268 e. The number of rotatable bonds is 7. The summed E-state index contributed by atoms with van der Waals surface area (Å²) in [5, 5.41) is 13.2. The van der Waals surface area contributed by atoms with Crippen LogP contribution in [-0.4, -0.2) is 39.3 Å². The standard InChI is InChI=1S/C20H21N5O3S2/c1-3-13(4-2)15-11-8-12-16-17(15)18(26)25(30(16,27)28)19(14-9-6-5-7-10-14)29-20-21-23-24-22-20/h5-13,19H,3-4H2,1-2H3,(H,21,22,23,24). The van der Waals surface area contributed by atoms with Crippen molar-refractivity contribution in [1.82, 2.24) is 24.9 Å². The molecular weight excluding hydrogens is 422 g/mol. The highest BCUT2D eigenvalue weighted by molar-refractivity contribution is 8.00. The molecule has 0 aliphatic carbocycles. The van der Waals surface area contributed by atoms with Crippen LogP contribution in [0.5, 0.6) is 0 Å². The lowest BCUT2D eigenvalue weighted by molar-refractivity contribution is 0.0860. The molecule has 30 heavy (non-hydrogen) atoms. The molecule has 1 atom stereocenters. The number of nitrogens with one attached hydrogen (secondary N) is 1. The summed E-state index contributed by atoms with van der Waals surface area (Å²) in [6.07, 6.45) is 1.64. The molecular formula is C20H21N5O3S2. The summed E-state index contributed by atoms with van der Waals surface area (Å²) >= 11 is 1.06. The molecule has 1 N–H and O–H groups in total. The van der Waals surface area contributed by atoms with Crippen molar-refractivity contribution >= 4 is 27.7 Å². The second-order valence-corrected chi connectivity index (χ2v) is 9.75. The van der Waals surface area contributed by atoms with E-state index in [0.29, 0.717) is 5.56 Å². The summed E-state index contributed by atoms with van der Waals surface area (Å²) in [6.45, 7) is 4.08. The molecule has 0 spiro atoms. The highest BCUT2D eigenvalue weighted by Crippen LogP contribution is 2.46. The van der Waals surface area contributed by atoms with Crippen LogP contribution in [0.4, 0.5) is 0 Å². The van der Waals surface area contributed by atoms with E-state index in [9.17, 15) is 13.2 Å². The van der Waals surface area contributed by atoms with Crippen LogP contribution in [0.15, 0.2) is 58.6 Å². The van der Waals surface area contributed by atoms with Gasteiger partial charge in [-0.05, 0) is 41.2 Å². The zero-order chi connectivity index (χ0) is 21.3. The second-order valence-electron chi connectivity index (χ2n) is 6.92. The summed E-state index contributed by atoms with van der Waals surface area (Å²) in [5.41, 5.74) is 1.71. The quantitative estimate of drug-likeness (QED) is 0.554. The number of aromatic nitrogens is 4. The van der Waals surface area contributed by atoms with Gasteiger partial charge in [-0.15, -0.1) is 10.2 Å². The molecule has 1 amide bonds. The average Bonchev–Trinajstić information content (AvgIpc) is 3.33. The molecule has 0 bridgehead atoms. The Morgan fingerprint density at radius 2 is 1.80 bits per heavy atom. The van der Waals surface area contributed by atoms with E-state index in [-0.39, 0.29) is 21.5 Å². The molecule has 0 saturated heterocycles. The van der Waals surface area contributed by atoms with Gasteiger partial charge in [0.15, 0.2) is 0 Å². The van der Waals surface area contributed by atoms with E-state index >= 15 is 0 Å². The van der Waals surface area contributed by atoms with Gasteiger partial charge >= 0.3 is 0 Å². The molecule has 1 aliphatic rings. The smallest absolute Gasteiger partial charge is 0.268 e. The maximum Gasteiger partial charge on any atom is 0.270 e. The van der Waals surface area contributed by atoms with Gasteiger partial charge in [-0.1, -0.05) is 68.1 Å². The van der Waals surface area contributed by atoms with Crippen molar-refractivity contribution in [1.29, 1.82) is 0 Å². The molecule has 1 aromatic heterocycles. The minimum absolute atomic E-state index is 0.0616. The summed E-state index contributed by atoms with van der Waals surface area (Å²) in [6, 6.07) is 14.1. The molecule has 8 nitrogen and oxygen atoms in total. The number of thioether (sulfide) groups is 1. The van der Waals surface area contributed by atoms with E-state index < -0.39 is 21.3 Å². The maximum absolute atomic E-state index is 13.6. The van der Waals surface area contributed by atoms with Gasteiger partial charge < -0.3 is 0 Å². The molecule has 1 unspecified atom stereocenters. The van der Waals surface area contributed by atoms with Gasteiger partial charge in [0.05, 0.1) is 5.56 Å². The van der Waals surface area contributed by atoms with Gasteiger partial charge in [0, 0.05) is 0 Å². The van der Waals surface area contributed by atoms with Crippen molar-refractivity contribution in [2.45, 2.75) is 48.0 Å². The highest BCUT2D eigenvalue weighted by Gasteiger charge is 2.47. The Bertz CT molecular complexity index is 1150. The van der Waals surface area contributed by atoms with Crippen LogP contribution in [0.1, 0.15) is 59.5 Å². The van der Waals surface area contributed by atoms with Crippen molar-refractivity contribution in [3.63, 3.8) is 0 Å². The van der Waals surface area contributed by atoms with E-state index in [4.69, 9.17) is 0 Å². The normalized spacial score (nSPS) is 16.1. The van der Waals surface area contributed by atoms with E-state index in [1.165, 1.54) is 6.07 Å². The van der Waals surface area contributed by atoms with E-state index in [1.807, 2.05) is 26.0 Å². The van der Waals surface area contributed by atoms with Gasteiger partial charge in [0.1, 0.15) is 10.3 Å². The molecule has 10 heteroatoms. The first kappa shape index (κ1) is 20.5. The molecule has 0 saturated carbocycles. The number of nitrogens with zero attached hydrogens (tertiary/aromatic N) is 4. The van der Waals surface area contributed by atoms with Crippen molar-refractivity contribution < 1.29 is 13.2 Å². The zero-order valence-corrected chi connectivity index (χ0v) is 18.2. The fourth-order valence-electron chi connectivity index (χ4n) is 3.79. The number of aromatic amines is 1. The van der Waals surface area contributed by atoms with Crippen LogP contribution in [0.3, 0.4) is 0 Å². The van der Waals surface area contributed by atoms with Gasteiger partial charge in [-0.25, -0.2) is 12.7 Å². The number of benzene rings is 2. The number of carbonyl (C=O) groups excluding carboxylic acids is 1. The van der Waals surface area contributed by atoms with Crippen LogP contribution in [0, 0.1) is 0 Å². The number of fused-ring (bicyclic) bond motifs is 1.